The second-order valence-corrected chi connectivity index (χ2v) is 12.5. The molecule has 2 fully saturated rings. The number of fused-ring (bicyclic) bond motifs is 2. The van der Waals surface area contributed by atoms with E-state index in [-0.39, 0.29) is 0 Å². The minimum absolute atomic E-state index is 0.312. The summed E-state index contributed by atoms with van der Waals surface area (Å²) in [7, 11) is 0. The van der Waals surface area contributed by atoms with Crippen molar-refractivity contribution in [1.82, 2.24) is 9.47 Å². The van der Waals surface area contributed by atoms with E-state index in [1.807, 2.05) is 36.7 Å². The molecular formula is C35H36N4. The number of benzene rings is 3. The zero-order valence-corrected chi connectivity index (χ0v) is 23.1. The van der Waals surface area contributed by atoms with Gasteiger partial charge in [-0.1, -0.05) is 112 Å². The van der Waals surface area contributed by atoms with Gasteiger partial charge in [-0.2, -0.15) is 5.26 Å². The smallest absolute Gasteiger partial charge is 0.153 e. The third-order valence-electron chi connectivity index (χ3n) is 8.42. The normalized spacial score (nSPS) is 21.8. The molecule has 3 aromatic carbocycles. The molecule has 39 heavy (non-hydrogen) atoms. The van der Waals surface area contributed by atoms with Gasteiger partial charge in [0.15, 0.2) is 5.82 Å². The first-order chi connectivity index (χ1) is 18.9. The molecule has 0 spiro atoms. The van der Waals surface area contributed by atoms with Crippen LogP contribution >= 0.6 is 0 Å². The van der Waals surface area contributed by atoms with Gasteiger partial charge in [0.1, 0.15) is 11.6 Å². The number of aliphatic imine (C=N–C) groups is 1. The number of hydrogen-bond donors (Lipinski definition) is 0. The molecular weight excluding hydrogens is 476 g/mol. The summed E-state index contributed by atoms with van der Waals surface area (Å²) in [6, 6.07) is 34.2. The average molecular weight is 513 g/mol. The lowest BCUT2D eigenvalue weighted by Crippen LogP contribution is -2.34. The number of likely N-dealkylation sites (tertiary alicyclic amines) is 1. The lowest BCUT2D eigenvalue weighted by atomic mass is 9.65. The average Bonchev–Trinajstić information content (AvgIpc) is 3.37. The van der Waals surface area contributed by atoms with Crippen LogP contribution in [0.3, 0.4) is 0 Å². The summed E-state index contributed by atoms with van der Waals surface area (Å²) >= 11 is 0. The fourth-order valence-electron chi connectivity index (χ4n) is 7.32. The largest absolute Gasteiger partial charge is 0.359 e. The van der Waals surface area contributed by atoms with Crippen LogP contribution in [-0.2, 0) is 6.54 Å². The molecule has 2 aliphatic rings. The minimum Gasteiger partial charge on any atom is -0.359 e. The lowest BCUT2D eigenvalue weighted by Gasteiger charge is -2.39. The quantitative estimate of drug-likeness (QED) is 0.193. The Hall–Kier alpha value is -4.10. The minimum atomic E-state index is 0.312. The van der Waals surface area contributed by atoms with Gasteiger partial charge in [-0.15, -0.1) is 0 Å². The van der Waals surface area contributed by atoms with Crippen LogP contribution < -0.4 is 0 Å². The highest BCUT2D eigenvalue weighted by molar-refractivity contribution is 5.91. The van der Waals surface area contributed by atoms with Crippen molar-refractivity contribution >= 4 is 12.2 Å². The molecule has 1 saturated carbocycles. The van der Waals surface area contributed by atoms with Gasteiger partial charge in [0.05, 0.1) is 12.0 Å². The number of nitriles is 1. The van der Waals surface area contributed by atoms with Crippen molar-refractivity contribution in [2.24, 2.45) is 15.8 Å². The lowest BCUT2D eigenvalue weighted by molar-refractivity contribution is 0.133. The summed E-state index contributed by atoms with van der Waals surface area (Å²) in [5.74, 6) is 0.727. The Morgan fingerprint density at radius 3 is 2.13 bits per heavy atom. The van der Waals surface area contributed by atoms with Gasteiger partial charge in [0.25, 0.3) is 0 Å². The van der Waals surface area contributed by atoms with E-state index in [4.69, 9.17) is 4.99 Å². The maximum absolute atomic E-state index is 10.6. The Bertz CT molecular complexity index is 1530. The van der Waals surface area contributed by atoms with Crippen LogP contribution in [0.25, 0.3) is 22.4 Å². The van der Waals surface area contributed by atoms with E-state index >= 15 is 0 Å². The molecule has 0 N–H and O–H groups in total. The van der Waals surface area contributed by atoms with Crippen molar-refractivity contribution < 1.29 is 0 Å². The molecule has 1 aromatic heterocycles. The van der Waals surface area contributed by atoms with E-state index in [1.54, 1.807) is 0 Å². The predicted molar refractivity (Wildman–Crippen MR) is 160 cm³/mol. The van der Waals surface area contributed by atoms with Crippen molar-refractivity contribution in [2.45, 2.75) is 52.6 Å². The van der Waals surface area contributed by atoms with Crippen LogP contribution in [0.1, 0.15) is 51.2 Å². The first-order valence-corrected chi connectivity index (χ1v) is 14.0. The molecule has 196 valence electrons. The highest BCUT2D eigenvalue weighted by Gasteiger charge is 2.49. The van der Waals surface area contributed by atoms with Crippen LogP contribution in [0.4, 0.5) is 5.82 Å². The van der Waals surface area contributed by atoms with Crippen molar-refractivity contribution in [3.63, 3.8) is 0 Å². The summed E-state index contributed by atoms with van der Waals surface area (Å²) in [6.07, 6.45) is 5.67. The summed E-state index contributed by atoms with van der Waals surface area (Å²) in [5, 5.41) is 10.6. The molecule has 0 radical (unpaired) electrons. The summed E-state index contributed by atoms with van der Waals surface area (Å²) < 4.78 is 2.25. The van der Waals surface area contributed by atoms with Crippen molar-refractivity contribution in [3.8, 4) is 28.5 Å². The van der Waals surface area contributed by atoms with E-state index < -0.39 is 0 Å². The molecule has 2 bridgehead atoms. The maximum atomic E-state index is 10.6. The molecule has 1 saturated heterocycles. The Morgan fingerprint density at radius 1 is 0.872 bits per heavy atom. The van der Waals surface area contributed by atoms with E-state index in [1.165, 1.54) is 24.8 Å². The number of hydrogen-bond acceptors (Lipinski definition) is 2. The topological polar surface area (TPSA) is 44.3 Å². The molecule has 4 aromatic rings. The first kappa shape index (κ1) is 25.2. The molecule has 4 nitrogen and oxygen atoms in total. The molecule has 2 atom stereocenters. The summed E-state index contributed by atoms with van der Waals surface area (Å²) in [6.45, 7) is 8.87. The van der Waals surface area contributed by atoms with Gasteiger partial charge in [-0.05, 0) is 46.8 Å². The standard InChI is InChI=1S/C35H36N4/c1-34(2)19-29-20-35(3,23-34)24-38(29)25-37-33-30(21-36)31(27-15-9-5-10-16-27)32(28-17-11-6-12-18-28)39(33)22-26-13-7-4-8-14-26/h4-18,25,29H,19-20,22-24H2,1-3H3/t29-,35-/m0/s1. The molecule has 0 unspecified atom stereocenters. The Balaban J connectivity index is 1.54. The SMILES string of the molecule is CC1(C)C[C@H]2C[C@](C)(CN2C=Nc2c(C#N)c(-c3ccccc3)c(-c3ccccc3)n2Cc2ccccc2)C1. The fourth-order valence-corrected chi connectivity index (χ4v) is 7.32. The van der Waals surface area contributed by atoms with Gasteiger partial charge >= 0.3 is 0 Å². The molecule has 4 heteroatoms. The number of aromatic nitrogens is 1. The van der Waals surface area contributed by atoms with E-state index in [0.717, 1.165) is 34.7 Å². The van der Waals surface area contributed by atoms with Gasteiger partial charge in [-0.25, -0.2) is 4.99 Å². The van der Waals surface area contributed by atoms with Crippen LogP contribution in [0.2, 0.25) is 0 Å². The van der Waals surface area contributed by atoms with E-state index in [2.05, 4.69) is 97.0 Å². The van der Waals surface area contributed by atoms with E-state index in [0.29, 0.717) is 29.0 Å². The highest BCUT2D eigenvalue weighted by atomic mass is 15.2. The van der Waals surface area contributed by atoms with Crippen molar-refractivity contribution in [3.05, 3.63) is 102 Å². The molecule has 1 aliphatic carbocycles. The maximum Gasteiger partial charge on any atom is 0.153 e. The fraction of sp³-hybridized carbons (Fsp3) is 0.314. The van der Waals surface area contributed by atoms with Gasteiger partial charge in [0, 0.05) is 24.7 Å². The second kappa shape index (κ2) is 9.89. The third-order valence-corrected chi connectivity index (χ3v) is 8.42. The van der Waals surface area contributed by atoms with Crippen LogP contribution in [0, 0.1) is 22.2 Å². The van der Waals surface area contributed by atoms with Crippen LogP contribution in [0.15, 0.2) is 96.0 Å². The van der Waals surface area contributed by atoms with Crippen LogP contribution in [-0.4, -0.2) is 28.4 Å². The zero-order valence-electron chi connectivity index (χ0n) is 23.1. The van der Waals surface area contributed by atoms with Crippen molar-refractivity contribution in [2.75, 3.05) is 6.54 Å². The predicted octanol–water partition coefficient (Wildman–Crippen LogP) is 8.30. The Kier molecular flexibility index (Phi) is 6.39. The highest BCUT2D eigenvalue weighted by Crippen LogP contribution is 2.52. The van der Waals surface area contributed by atoms with Gasteiger partial charge < -0.3 is 9.47 Å². The van der Waals surface area contributed by atoms with Crippen molar-refractivity contribution in [1.29, 1.82) is 5.26 Å². The van der Waals surface area contributed by atoms with E-state index in [9.17, 15) is 5.26 Å². The number of nitrogens with zero attached hydrogens (tertiary/aromatic N) is 4. The molecule has 6 rings (SSSR count). The summed E-state index contributed by atoms with van der Waals surface area (Å²) in [4.78, 5) is 7.61. The third kappa shape index (κ3) is 4.90. The first-order valence-electron chi connectivity index (χ1n) is 14.0. The Morgan fingerprint density at radius 2 is 1.49 bits per heavy atom. The molecule has 1 aliphatic heterocycles. The Labute approximate surface area is 232 Å². The van der Waals surface area contributed by atoms with Crippen LogP contribution in [0.5, 0.6) is 0 Å². The number of rotatable bonds is 6. The van der Waals surface area contributed by atoms with Gasteiger partial charge in [-0.3, -0.25) is 0 Å². The summed E-state index contributed by atoms with van der Waals surface area (Å²) in [5.41, 5.74) is 6.54. The monoisotopic (exact) mass is 512 g/mol. The molecule has 2 heterocycles. The molecule has 0 amide bonds. The zero-order chi connectivity index (χ0) is 27.0. The van der Waals surface area contributed by atoms with Gasteiger partial charge in [0.2, 0.25) is 0 Å². The second-order valence-electron chi connectivity index (χ2n) is 12.5.